The first kappa shape index (κ1) is 9.72. The van der Waals surface area contributed by atoms with Gasteiger partial charge in [-0.15, -0.1) is 0 Å². The number of halogens is 2. The van der Waals surface area contributed by atoms with E-state index in [1.54, 1.807) is 0 Å². The van der Waals surface area contributed by atoms with Crippen LogP contribution in [0.2, 0.25) is 0 Å². The van der Waals surface area contributed by atoms with Crippen LogP contribution in [-0.4, -0.2) is 0 Å². The molecule has 0 atom stereocenters. The molecule has 0 bridgehead atoms. The number of benzene rings is 1. The van der Waals surface area contributed by atoms with Crippen LogP contribution >= 0.6 is 15.9 Å². The first-order chi connectivity index (χ1) is 5.59. The third-order valence-electron chi connectivity index (χ3n) is 1.64. The zero-order chi connectivity index (χ0) is 9.14. The number of rotatable bonds is 2. The predicted octanol–water partition coefficient (Wildman–Crippen LogP) is 3.79. The maximum absolute atomic E-state index is 12.7. The molecule has 0 spiro atoms. The molecular weight excluding hydrogens is 219 g/mol. The average molecular weight is 231 g/mol. The summed E-state index contributed by atoms with van der Waals surface area (Å²) in [6, 6.07) is 4.85. The minimum Gasteiger partial charge on any atom is -0.207 e. The number of hydrogen-bond donors (Lipinski definition) is 0. The van der Waals surface area contributed by atoms with E-state index >= 15 is 0 Å². The molecule has 0 aliphatic heterocycles. The quantitative estimate of drug-likeness (QED) is 0.726. The lowest BCUT2D eigenvalue weighted by atomic mass is 10.0. The molecule has 1 rings (SSSR count). The lowest BCUT2D eigenvalue weighted by molar-refractivity contribution is 0.618. The molecule has 1 aromatic carbocycles. The molecule has 0 saturated heterocycles. The van der Waals surface area contributed by atoms with Gasteiger partial charge in [0.05, 0.1) is 0 Å². The molecule has 0 fully saturated rings. The Kier molecular flexibility index (Phi) is 3.27. The summed E-state index contributed by atoms with van der Waals surface area (Å²) in [5, 5.41) is 0. The molecule has 0 unspecified atom stereocenters. The van der Waals surface area contributed by atoms with E-state index in [0.29, 0.717) is 5.92 Å². The molecule has 0 radical (unpaired) electrons. The van der Waals surface area contributed by atoms with Gasteiger partial charge in [0.2, 0.25) is 0 Å². The molecule has 0 aliphatic carbocycles. The molecule has 0 heterocycles. The van der Waals surface area contributed by atoms with Gasteiger partial charge in [0.25, 0.3) is 0 Å². The van der Waals surface area contributed by atoms with Gasteiger partial charge in [-0.2, -0.15) is 0 Å². The second-order valence-electron chi connectivity index (χ2n) is 3.33. The van der Waals surface area contributed by atoms with Crippen molar-refractivity contribution in [3.8, 4) is 0 Å². The third kappa shape index (κ3) is 2.59. The van der Waals surface area contributed by atoms with Gasteiger partial charge >= 0.3 is 0 Å². The van der Waals surface area contributed by atoms with Crippen LogP contribution < -0.4 is 0 Å². The van der Waals surface area contributed by atoms with E-state index in [4.69, 9.17) is 0 Å². The molecule has 0 saturated carbocycles. The molecular formula is C10H12BrF. The van der Waals surface area contributed by atoms with Gasteiger partial charge in [0.15, 0.2) is 0 Å². The Bertz CT molecular complexity index is 269. The summed E-state index contributed by atoms with van der Waals surface area (Å²) in [5.41, 5.74) is 1.17. The zero-order valence-corrected chi connectivity index (χ0v) is 8.86. The highest BCUT2D eigenvalue weighted by Gasteiger charge is 2.03. The Labute approximate surface area is 80.9 Å². The summed E-state index contributed by atoms with van der Waals surface area (Å²) < 4.78 is 13.5. The molecule has 0 aliphatic rings. The van der Waals surface area contributed by atoms with E-state index in [1.165, 1.54) is 17.7 Å². The SMILES string of the molecule is CC(C)Cc1ccc(F)cc1Br. The first-order valence-corrected chi connectivity index (χ1v) is 4.83. The van der Waals surface area contributed by atoms with Crippen molar-refractivity contribution in [2.24, 2.45) is 5.92 Å². The van der Waals surface area contributed by atoms with E-state index < -0.39 is 0 Å². The highest BCUT2D eigenvalue weighted by atomic mass is 79.9. The van der Waals surface area contributed by atoms with Crippen molar-refractivity contribution in [3.63, 3.8) is 0 Å². The van der Waals surface area contributed by atoms with Crippen LogP contribution in [0.3, 0.4) is 0 Å². The van der Waals surface area contributed by atoms with Gasteiger partial charge in [-0.05, 0) is 30.0 Å². The molecule has 0 aromatic heterocycles. The van der Waals surface area contributed by atoms with Gasteiger partial charge in [0, 0.05) is 4.47 Å². The van der Waals surface area contributed by atoms with Crippen LogP contribution in [0.4, 0.5) is 4.39 Å². The van der Waals surface area contributed by atoms with Gasteiger partial charge in [-0.3, -0.25) is 0 Å². The van der Waals surface area contributed by atoms with Crippen LogP contribution in [0.5, 0.6) is 0 Å². The summed E-state index contributed by atoms with van der Waals surface area (Å²) in [6.07, 6.45) is 0.987. The lowest BCUT2D eigenvalue weighted by Crippen LogP contribution is -1.95. The van der Waals surface area contributed by atoms with Crippen molar-refractivity contribution in [2.75, 3.05) is 0 Å². The summed E-state index contributed by atoms with van der Waals surface area (Å²) in [7, 11) is 0. The molecule has 0 nitrogen and oxygen atoms in total. The summed E-state index contributed by atoms with van der Waals surface area (Å²) in [6.45, 7) is 4.30. The fraction of sp³-hybridized carbons (Fsp3) is 0.400. The van der Waals surface area contributed by atoms with Crippen LogP contribution in [0.15, 0.2) is 22.7 Å². The maximum atomic E-state index is 12.7. The van der Waals surface area contributed by atoms with Crippen LogP contribution in [-0.2, 0) is 6.42 Å². The summed E-state index contributed by atoms with van der Waals surface area (Å²) in [4.78, 5) is 0. The molecule has 0 N–H and O–H groups in total. The van der Waals surface area contributed by atoms with E-state index in [1.807, 2.05) is 6.07 Å². The summed E-state index contributed by atoms with van der Waals surface area (Å²) in [5.74, 6) is 0.418. The Balaban J connectivity index is 2.86. The molecule has 66 valence electrons. The van der Waals surface area contributed by atoms with Crippen LogP contribution in [0.25, 0.3) is 0 Å². The monoisotopic (exact) mass is 230 g/mol. The van der Waals surface area contributed by atoms with Crippen molar-refractivity contribution < 1.29 is 4.39 Å². The maximum Gasteiger partial charge on any atom is 0.124 e. The van der Waals surface area contributed by atoms with Crippen LogP contribution in [0.1, 0.15) is 19.4 Å². The van der Waals surface area contributed by atoms with Gasteiger partial charge in [-0.1, -0.05) is 35.8 Å². The minimum absolute atomic E-state index is 0.186. The third-order valence-corrected chi connectivity index (χ3v) is 2.38. The summed E-state index contributed by atoms with van der Waals surface area (Å²) >= 11 is 3.34. The average Bonchev–Trinajstić information content (AvgIpc) is 1.94. The lowest BCUT2D eigenvalue weighted by Gasteiger charge is -2.06. The largest absolute Gasteiger partial charge is 0.207 e. The Morgan fingerprint density at radius 2 is 2.08 bits per heavy atom. The second kappa shape index (κ2) is 4.04. The van der Waals surface area contributed by atoms with Gasteiger partial charge < -0.3 is 0 Å². The minimum atomic E-state index is -0.186. The van der Waals surface area contributed by atoms with Crippen molar-refractivity contribution in [2.45, 2.75) is 20.3 Å². The predicted molar refractivity (Wildman–Crippen MR) is 52.6 cm³/mol. The molecule has 1 aromatic rings. The fourth-order valence-corrected chi connectivity index (χ4v) is 1.64. The van der Waals surface area contributed by atoms with Gasteiger partial charge in [0.1, 0.15) is 5.82 Å². The molecule has 2 heteroatoms. The van der Waals surface area contributed by atoms with Crippen molar-refractivity contribution in [1.29, 1.82) is 0 Å². The molecule has 12 heavy (non-hydrogen) atoms. The fourth-order valence-electron chi connectivity index (χ4n) is 1.13. The Morgan fingerprint density at radius 1 is 1.42 bits per heavy atom. The smallest absolute Gasteiger partial charge is 0.124 e. The normalized spacial score (nSPS) is 10.8. The van der Waals surface area contributed by atoms with E-state index in [2.05, 4.69) is 29.8 Å². The Morgan fingerprint density at radius 3 is 2.58 bits per heavy atom. The van der Waals surface area contributed by atoms with E-state index in [0.717, 1.165) is 10.9 Å². The second-order valence-corrected chi connectivity index (χ2v) is 4.19. The van der Waals surface area contributed by atoms with Crippen molar-refractivity contribution in [1.82, 2.24) is 0 Å². The van der Waals surface area contributed by atoms with Gasteiger partial charge in [-0.25, -0.2) is 4.39 Å². The Hall–Kier alpha value is -0.370. The van der Waals surface area contributed by atoms with E-state index in [9.17, 15) is 4.39 Å². The van der Waals surface area contributed by atoms with E-state index in [-0.39, 0.29) is 5.82 Å². The highest BCUT2D eigenvalue weighted by molar-refractivity contribution is 9.10. The molecule has 0 amide bonds. The van der Waals surface area contributed by atoms with Crippen molar-refractivity contribution in [3.05, 3.63) is 34.1 Å². The van der Waals surface area contributed by atoms with Crippen LogP contribution in [0, 0.1) is 11.7 Å². The first-order valence-electron chi connectivity index (χ1n) is 4.03. The standard InChI is InChI=1S/C10H12BrF/c1-7(2)5-8-3-4-9(12)6-10(8)11/h3-4,6-7H,5H2,1-2H3. The highest BCUT2D eigenvalue weighted by Crippen LogP contribution is 2.20. The number of hydrogen-bond acceptors (Lipinski definition) is 0. The zero-order valence-electron chi connectivity index (χ0n) is 7.27. The topological polar surface area (TPSA) is 0 Å². The van der Waals surface area contributed by atoms with Crippen molar-refractivity contribution >= 4 is 15.9 Å².